The zero-order chi connectivity index (χ0) is 109. The molecule has 9 heterocycles. The molecule has 9 saturated heterocycles. The maximum atomic E-state index is 12.5. The third-order valence-corrected chi connectivity index (χ3v) is 14.2. The summed E-state index contributed by atoms with van der Waals surface area (Å²) < 4.78 is 595. The van der Waals surface area contributed by atoms with Crippen LogP contribution in [0.2, 0.25) is 0 Å². The first-order valence-electron chi connectivity index (χ1n) is 34.0. The van der Waals surface area contributed by atoms with Gasteiger partial charge in [-0.2, -0.15) is 162 Å². The number of ether oxygens (including phenoxy) is 27. The van der Waals surface area contributed by atoms with E-state index in [1.54, 1.807) is 5.92 Å². The van der Waals surface area contributed by atoms with E-state index in [1.807, 2.05) is 11.8 Å². The third-order valence-electron chi connectivity index (χ3n) is 14.2. The van der Waals surface area contributed by atoms with Gasteiger partial charge in [-0.05, 0) is 5.92 Å². The van der Waals surface area contributed by atoms with Gasteiger partial charge >= 0.3 is 182 Å². The molecule has 0 radical (unpaired) electrons. The molecule has 802 valence electrons. The minimum atomic E-state index is -5.24. The normalized spacial score (nSPS) is 25.4. The van der Waals surface area contributed by atoms with Crippen LogP contribution in [0.1, 0.15) is 0 Å². The molecular weight excluding hydrogens is 2120 g/mol. The Bertz CT molecular complexity index is 4530. The van der Waals surface area contributed by atoms with E-state index in [1.165, 1.54) is 5.92 Å². The lowest BCUT2D eigenvalue weighted by Crippen LogP contribution is -2.50. The molecule has 9 unspecified atom stereocenters. The standard InChI is InChI=1S/C8H6F6O4.C8H4F6O4.C7H4F6O4.C7H5F5O4.C7H6F4O4.C7H4F4O4.C7H7F3O4.2C7H5F3O4/c2*9-7(10,11)2-1-3-17-6(8(12,13)14)4-16-5(15)18-6;8-3(4(9)10)1-16-6(7(11,12)13)2-15-5(14)17-6;8-4(9)1-2-15-6(7(10,11)12)3-14-5(13)16-6;1-4(8)2-14-6(7(9,10)11)3-13-5(12)15-6;8-2-1-3-14-6(7(9,10)11)4-13-5(12)15-6;3*1-2-3-13-6(7(8,9)10)4-12-5(11)14-6/h1-2H,3-4H2;3-4H2;1-2H2;1H,2-3H2;1-3H2;3-4H2;2H,1,3-4H2;2*1H,3-4H2. The minimum Gasteiger partial charge on any atom is -0.427 e. The second-order valence-electron chi connectivity index (χ2n) is 24.1. The molecule has 9 aliphatic heterocycles. The summed E-state index contributed by atoms with van der Waals surface area (Å²) in [6.45, 7) is -13.3. The lowest BCUT2D eigenvalue weighted by Gasteiger charge is -2.26. The van der Waals surface area contributed by atoms with E-state index in [9.17, 15) is 219 Å². The van der Waals surface area contributed by atoms with Gasteiger partial charge in [-0.3, -0.25) is 0 Å². The van der Waals surface area contributed by atoms with Crippen molar-refractivity contribution in [1.82, 2.24) is 0 Å². The van der Waals surface area contributed by atoms with Crippen LogP contribution in [0.5, 0.6) is 0 Å². The van der Waals surface area contributed by atoms with Gasteiger partial charge in [0.25, 0.3) is 6.08 Å². The Labute approximate surface area is 750 Å². The van der Waals surface area contributed by atoms with Gasteiger partial charge < -0.3 is 128 Å². The number of hydrogen-bond acceptors (Lipinski definition) is 36. The molecule has 0 saturated carbocycles. The zero-order valence-electron chi connectivity index (χ0n) is 66.9. The second-order valence-corrected chi connectivity index (χ2v) is 24.1. The number of halogens is 40. The van der Waals surface area contributed by atoms with Gasteiger partial charge in [0, 0.05) is 18.1 Å². The van der Waals surface area contributed by atoms with Crippen molar-refractivity contribution in [3.05, 3.63) is 61.3 Å². The smallest absolute Gasteiger partial charge is 0.427 e. The number of rotatable bonds is 23. The van der Waals surface area contributed by atoms with Crippen LogP contribution in [-0.4, -0.2) is 294 Å². The van der Waals surface area contributed by atoms with E-state index in [0.717, 1.165) is 12.3 Å². The highest BCUT2D eigenvalue weighted by molar-refractivity contribution is 5.66. The van der Waals surface area contributed by atoms with Crippen LogP contribution in [0.3, 0.4) is 0 Å². The maximum absolute atomic E-state index is 12.5. The average Bonchev–Trinajstić information content (AvgIpc) is 1.67. The number of alkyl halides is 33. The fraction of sp³-hybridized carbons (Fsp3) is 0.585. The summed E-state index contributed by atoms with van der Waals surface area (Å²) >= 11 is 0. The molecule has 0 bridgehead atoms. The largest absolute Gasteiger partial charge is 0.511 e. The molecule has 9 atom stereocenters. The molecule has 0 aromatic rings. The fourth-order valence-corrected chi connectivity index (χ4v) is 7.77. The van der Waals surface area contributed by atoms with Gasteiger partial charge in [-0.15, -0.1) is 23.8 Å². The van der Waals surface area contributed by atoms with Crippen molar-refractivity contribution in [1.29, 1.82) is 0 Å². The summed E-state index contributed by atoms with van der Waals surface area (Å²) in [7, 11) is 0. The first-order chi connectivity index (χ1) is 64.0. The number of cyclic esters (lactones) is 18. The minimum absolute atomic E-state index is 0.111. The van der Waals surface area contributed by atoms with Crippen LogP contribution >= 0.6 is 0 Å². The quantitative estimate of drug-likeness (QED) is 0.0301. The summed E-state index contributed by atoms with van der Waals surface area (Å²) in [5.74, 6) is -25.2. The molecule has 141 heavy (non-hydrogen) atoms. The van der Waals surface area contributed by atoms with Crippen molar-refractivity contribution in [2.24, 2.45) is 0 Å². The Kier molecular flexibility index (Phi) is 44.8. The number of allylic oxidation sites excluding steroid dienone is 1. The Morgan fingerprint density at radius 3 is 0.730 bits per heavy atom. The second kappa shape index (κ2) is 50.1. The first-order valence-corrected chi connectivity index (χ1v) is 34.0. The summed E-state index contributed by atoms with van der Waals surface area (Å²) in [6.07, 6.45) is -61.9. The highest BCUT2D eigenvalue weighted by atomic mass is 19.5. The van der Waals surface area contributed by atoms with Gasteiger partial charge in [0.05, 0.1) is 19.8 Å². The van der Waals surface area contributed by atoms with Crippen molar-refractivity contribution < 1.29 is 347 Å². The predicted molar refractivity (Wildman–Crippen MR) is 341 cm³/mol. The van der Waals surface area contributed by atoms with Crippen LogP contribution in [0.25, 0.3) is 0 Å². The molecule has 0 spiro atoms. The molecule has 9 aliphatic rings. The summed E-state index contributed by atoms with van der Waals surface area (Å²) in [6, 6.07) is 0. The molecule has 0 aliphatic carbocycles. The Morgan fingerprint density at radius 1 is 0.319 bits per heavy atom. The first kappa shape index (κ1) is 126. The third kappa shape index (κ3) is 38.0. The molecule has 0 amide bonds. The maximum Gasteiger partial charge on any atom is 0.511 e. The number of hydrogen-bond donors (Lipinski definition) is 0. The van der Waals surface area contributed by atoms with Gasteiger partial charge in [0.15, 0.2) is 65.3 Å². The molecule has 9 fully saturated rings. The monoisotopic (exact) mass is 2160 g/mol. The van der Waals surface area contributed by atoms with Gasteiger partial charge in [-0.25, -0.2) is 51.9 Å². The van der Waals surface area contributed by atoms with Crippen molar-refractivity contribution in [3.8, 4) is 48.6 Å². The SMILES string of the molecule is C#CCOC1(C(F)(F)F)COC(=O)O1.C#CCOC1(C(F)(F)F)COC(=O)O1.C=C(F)COC1(C(F)(F)F)COC(=O)O1.C=CCOC1(C(F)(F)F)COC(=O)O1.O=C1OCC(OCC#CC(F)(F)F)(C(F)(F)F)O1.O=C1OCC(OCC#CF)(C(F)(F)F)O1.O=C1OCC(OCC(F)=C(F)F)(C(F)(F)F)O1.O=C1OCC(OCC=C(F)F)(C(F)(F)F)O1.O=C1OCC(OCC=CC(F)(F)F)(C(F)(F)F)O1. The Hall–Kier alpha value is -12.8. The molecule has 0 aromatic carbocycles. The molecule has 0 N–H and O–H groups in total. The van der Waals surface area contributed by atoms with Crippen LogP contribution in [0, 0.1) is 48.6 Å². The number of carbonyl (C=O) groups excluding carboxylic acids is 9. The van der Waals surface area contributed by atoms with E-state index in [0.29, 0.717) is 12.0 Å². The van der Waals surface area contributed by atoms with Crippen LogP contribution in [0.15, 0.2) is 61.3 Å². The highest BCUT2D eigenvalue weighted by Crippen LogP contribution is 2.47. The lowest BCUT2D eigenvalue weighted by atomic mass is 10.3. The predicted octanol–water partition coefficient (Wildman–Crippen LogP) is 16.3. The van der Waals surface area contributed by atoms with E-state index >= 15 is 0 Å². The summed E-state index contributed by atoms with van der Waals surface area (Å²) in [5, 5.41) is 0. The number of carbonyl (C=O) groups is 9. The van der Waals surface area contributed by atoms with Crippen molar-refractivity contribution in [3.63, 3.8) is 0 Å². The lowest BCUT2D eigenvalue weighted by molar-refractivity contribution is -0.348. The van der Waals surface area contributed by atoms with Crippen LogP contribution in [0.4, 0.5) is 219 Å². The molecule has 0 aromatic heterocycles. The van der Waals surface area contributed by atoms with E-state index in [-0.39, 0.29) is 12.2 Å². The average molecular weight is 2160 g/mol. The van der Waals surface area contributed by atoms with Gasteiger partial charge in [0.1, 0.15) is 51.6 Å². The molecular formula is C65H46F40O36. The van der Waals surface area contributed by atoms with Crippen LogP contribution < -0.4 is 0 Å². The molecule has 36 nitrogen and oxygen atoms in total. The Balaban J connectivity index is 0.000000794. The number of terminal acetylenes is 2. The Morgan fingerprint density at radius 2 is 0.539 bits per heavy atom. The highest BCUT2D eigenvalue weighted by Gasteiger charge is 2.72. The topological polar surface area (TPSA) is 403 Å². The molecule has 9 rings (SSSR count). The zero-order valence-corrected chi connectivity index (χ0v) is 66.9. The van der Waals surface area contributed by atoms with Gasteiger partial charge in [-0.1, -0.05) is 36.5 Å². The van der Waals surface area contributed by atoms with E-state index < -0.39 is 318 Å². The van der Waals surface area contributed by atoms with Crippen LogP contribution in [-0.2, 0) is 128 Å². The molecule has 76 heteroatoms. The van der Waals surface area contributed by atoms with Gasteiger partial charge in [0.2, 0.25) is 0 Å². The fourth-order valence-electron chi connectivity index (χ4n) is 7.77. The van der Waals surface area contributed by atoms with E-state index in [4.69, 9.17) is 12.8 Å². The van der Waals surface area contributed by atoms with Crippen molar-refractivity contribution >= 4 is 55.4 Å². The summed E-state index contributed by atoms with van der Waals surface area (Å²) in [5.41, 5.74) is 0. The van der Waals surface area contributed by atoms with E-state index in [2.05, 4.69) is 141 Å². The summed E-state index contributed by atoms with van der Waals surface area (Å²) in [4.78, 5) is 93.8. The van der Waals surface area contributed by atoms with Crippen molar-refractivity contribution in [2.75, 3.05) is 119 Å². The van der Waals surface area contributed by atoms with Crippen molar-refractivity contribution in [2.45, 2.75) is 120 Å².